The molecular formula is C16H29N3S. The highest BCUT2D eigenvalue weighted by Crippen LogP contribution is 2.35. The third-order valence-corrected chi connectivity index (χ3v) is 5.05. The molecule has 0 amide bonds. The molecule has 20 heavy (non-hydrogen) atoms. The molecule has 0 atom stereocenters. The lowest BCUT2D eigenvalue weighted by Crippen LogP contribution is -2.22. The van der Waals surface area contributed by atoms with Crippen molar-refractivity contribution in [3.63, 3.8) is 0 Å². The van der Waals surface area contributed by atoms with Crippen molar-refractivity contribution in [2.75, 3.05) is 24.5 Å². The van der Waals surface area contributed by atoms with E-state index in [0.29, 0.717) is 11.3 Å². The van der Waals surface area contributed by atoms with Crippen molar-refractivity contribution >= 4 is 16.5 Å². The van der Waals surface area contributed by atoms with Crippen LogP contribution < -0.4 is 10.2 Å². The lowest BCUT2D eigenvalue weighted by atomic mass is 9.93. The smallest absolute Gasteiger partial charge is 0.185 e. The highest BCUT2D eigenvalue weighted by Gasteiger charge is 2.31. The Morgan fingerprint density at radius 2 is 2.15 bits per heavy atom. The van der Waals surface area contributed by atoms with Crippen LogP contribution in [-0.4, -0.2) is 24.6 Å². The van der Waals surface area contributed by atoms with Crippen molar-refractivity contribution < 1.29 is 0 Å². The van der Waals surface area contributed by atoms with Gasteiger partial charge in [-0.1, -0.05) is 34.6 Å². The minimum Gasteiger partial charge on any atom is -0.348 e. The summed E-state index contributed by atoms with van der Waals surface area (Å²) in [5, 5.41) is 4.78. The number of hydrogen-bond donors (Lipinski definition) is 1. The van der Waals surface area contributed by atoms with Crippen LogP contribution in [0.2, 0.25) is 0 Å². The van der Waals surface area contributed by atoms with Crippen LogP contribution in [0, 0.1) is 11.3 Å². The van der Waals surface area contributed by atoms with Crippen LogP contribution in [0.1, 0.15) is 51.6 Å². The van der Waals surface area contributed by atoms with Crippen LogP contribution in [0.3, 0.4) is 0 Å². The standard InChI is InChI=1S/C16H29N3S/c1-6-13-14(10-17-9-12(2)3)20-15(18-13)19-8-7-16(4,5)11-19/h12,17H,6-11H2,1-5H3. The molecule has 1 aromatic rings. The third kappa shape index (κ3) is 3.95. The Kier molecular flexibility index (Phi) is 5.08. The largest absolute Gasteiger partial charge is 0.348 e. The number of rotatable bonds is 6. The Hall–Kier alpha value is -0.610. The number of anilines is 1. The zero-order valence-corrected chi connectivity index (χ0v) is 14.4. The van der Waals surface area contributed by atoms with E-state index in [1.165, 1.54) is 22.1 Å². The van der Waals surface area contributed by atoms with Crippen LogP contribution in [0.4, 0.5) is 5.13 Å². The van der Waals surface area contributed by atoms with Gasteiger partial charge in [-0.3, -0.25) is 0 Å². The van der Waals surface area contributed by atoms with Gasteiger partial charge in [-0.2, -0.15) is 0 Å². The number of nitrogens with zero attached hydrogens (tertiary/aromatic N) is 2. The lowest BCUT2D eigenvalue weighted by molar-refractivity contribution is 0.418. The van der Waals surface area contributed by atoms with E-state index in [4.69, 9.17) is 4.98 Å². The maximum Gasteiger partial charge on any atom is 0.185 e. The van der Waals surface area contributed by atoms with Gasteiger partial charge in [0.05, 0.1) is 5.69 Å². The molecule has 0 aliphatic carbocycles. The first-order valence-corrected chi connectivity index (χ1v) is 8.67. The maximum atomic E-state index is 4.88. The zero-order chi connectivity index (χ0) is 14.8. The van der Waals surface area contributed by atoms with E-state index in [1.807, 2.05) is 11.3 Å². The zero-order valence-electron chi connectivity index (χ0n) is 13.6. The molecule has 2 heterocycles. The van der Waals surface area contributed by atoms with Gasteiger partial charge in [0.15, 0.2) is 5.13 Å². The fraction of sp³-hybridized carbons (Fsp3) is 0.812. The number of aryl methyl sites for hydroxylation is 1. The van der Waals surface area contributed by atoms with E-state index < -0.39 is 0 Å². The molecule has 0 unspecified atom stereocenters. The number of aromatic nitrogens is 1. The first kappa shape index (κ1) is 15.8. The van der Waals surface area contributed by atoms with Crippen LogP contribution in [0.15, 0.2) is 0 Å². The van der Waals surface area contributed by atoms with E-state index in [9.17, 15) is 0 Å². The molecule has 0 bridgehead atoms. The van der Waals surface area contributed by atoms with Crippen molar-refractivity contribution in [2.45, 2.75) is 54.0 Å². The third-order valence-electron chi connectivity index (χ3n) is 3.89. The summed E-state index contributed by atoms with van der Waals surface area (Å²) < 4.78 is 0. The molecule has 0 aromatic carbocycles. The summed E-state index contributed by atoms with van der Waals surface area (Å²) in [5.41, 5.74) is 1.72. The van der Waals surface area contributed by atoms with E-state index >= 15 is 0 Å². The fourth-order valence-electron chi connectivity index (χ4n) is 2.67. The molecular weight excluding hydrogens is 266 g/mol. The molecule has 1 saturated heterocycles. The Morgan fingerprint density at radius 3 is 2.70 bits per heavy atom. The summed E-state index contributed by atoms with van der Waals surface area (Å²) in [5.74, 6) is 0.701. The van der Waals surface area contributed by atoms with Crippen molar-refractivity contribution in [3.05, 3.63) is 10.6 Å². The topological polar surface area (TPSA) is 28.2 Å². The quantitative estimate of drug-likeness (QED) is 0.867. The highest BCUT2D eigenvalue weighted by molar-refractivity contribution is 7.15. The summed E-state index contributed by atoms with van der Waals surface area (Å²) in [6.07, 6.45) is 2.31. The maximum absolute atomic E-state index is 4.88. The van der Waals surface area contributed by atoms with Crippen molar-refractivity contribution in [1.82, 2.24) is 10.3 Å². The molecule has 0 spiro atoms. The molecule has 114 valence electrons. The first-order chi connectivity index (χ1) is 9.41. The van der Waals surface area contributed by atoms with Gasteiger partial charge in [-0.25, -0.2) is 4.98 Å². The SMILES string of the molecule is CCc1nc(N2CCC(C)(C)C2)sc1CNCC(C)C. The van der Waals surface area contributed by atoms with Gasteiger partial charge in [0.2, 0.25) is 0 Å². The van der Waals surface area contributed by atoms with Gasteiger partial charge < -0.3 is 10.2 Å². The average molecular weight is 295 g/mol. The second kappa shape index (κ2) is 6.44. The van der Waals surface area contributed by atoms with Gasteiger partial charge in [0, 0.05) is 24.5 Å². The molecule has 0 saturated carbocycles. The van der Waals surface area contributed by atoms with Gasteiger partial charge in [-0.15, -0.1) is 11.3 Å². The second-order valence-electron chi connectivity index (χ2n) is 7.08. The molecule has 3 nitrogen and oxygen atoms in total. The second-order valence-corrected chi connectivity index (χ2v) is 8.14. The van der Waals surface area contributed by atoms with Gasteiger partial charge in [0.25, 0.3) is 0 Å². The van der Waals surface area contributed by atoms with Crippen LogP contribution in [0.25, 0.3) is 0 Å². The van der Waals surface area contributed by atoms with Gasteiger partial charge in [0.1, 0.15) is 0 Å². The molecule has 0 radical (unpaired) electrons. The first-order valence-electron chi connectivity index (χ1n) is 7.85. The minimum absolute atomic E-state index is 0.439. The monoisotopic (exact) mass is 295 g/mol. The number of nitrogens with one attached hydrogen (secondary N) is 1. The lowest BCUT2D eigenvalue weighted by Gasteiger charge is -2.18. The van der Waals surface area contributed by atoms with E-state index in [-0.39, 0.29) is 0 Å². The number of thiazole rings is 1. The fourth-order valence-corrected chi connectivity index (χ4v) is 3.81. The molecule has 1 aromatic heterocycles. The summed E-state index contributed by atoms with van der Waals surface area (Å²) in [4.78, 5) is 8.77. The summed E-state index contributed by atoms with van der Waals surface area (Å²) in [7, 11) is 0. The van der Waals surface area contributed by atoms with E-state index in [0.717, 1.165) is 32.6 Å². The molecule has 4 heteroatoms. The van der Waals surface area contributed by atoms with Crippen molar-refractivity contribution in [1.29, 1.82) is 0 Å². The van der Waals surface area contributed by atoms with E-state index in [1.54, 1.807) is 0 Å². The van der Waals surface area contributed by atoms with Crippen LogP contribution in [0.5, 0.6) is 0 Å². The Morgan fingerprint density at radius 1 is 1.40 bits per heavy atom. The summed E-state index contributed by atoms with van der Waals surface area (Å²) in [6, 6.07) is 0. The summed E-state index contributed by atoms with van der Waals surface area (Å²) >= 11 is 1.89. The molecule has 2 rings (SSSR count). The average Bonchev–Trinajstić information content (AvgIpc) is 2.92. The van der Waals surface area contributed by atoms with Crippen molar-refractivity contribution in [2.24, 2.45) is 11.3 Å². The van der Waals surface area contributed by atoms with Crippen LogP contribution >= 0.6 is 11.3 Å². The molecule has 1 aliphatic rings. The predicted octanol–water partition coefficient (Wildman–Crippen LogP) is 3.69. The van der Waals surface area contributed by atoms with Crippen LogP contribution in [-0.2, 0) is 13.0 Å². The van der Waals surface area contributed by atoms with Gasteiger partial charge in [-0.05, 0) is 30.7 Å². The summed E-state index contributed by atoms with van der Waals surface area (Å²) in [6.45, 7) is 15.8. The Bertz CT molecular complexity index is 437. The molecule has 1 fully saturated rings. The minimum atomic E-state index is 0.439. The Labute approximate surface area is 127 Å². The molecule has 1 N–H and O–H groups in total. The van der Waals surface area contributed by atoms with Crippen molar-refractivity contribution in [3.8, 4) is 0 Å². The number of hydrogen-bond acceptors (Lipinski definition) is 4. The van der Waals surface area contributed by atoms with Gasteiger partial charge >= 0.3 is 0 Å². The normalized spacial score (nSPS) is 18.2. The Balaban J connectivity index is 2.03. The predicted molar refractivity (Wildman–Crippen MR) is 88.6 cm³/mol. The van der Waals surface area contributed by atoms with E-state index in [2.05, 4.69) is 44.8 Å². The highest BCUT2D eigenvalue weighted by atomic mass is 32.1. The molecule has 1 aliphatic heterocycles.